The molecule has 464 valence electrons. The number of esters is 2. The number of phosphoric ester groups is 1. The summed E-state index contributed by atoms with van der Waals surface area (Å²) >= 11 is 0. The quantitative estimate of drug-likeness (QED) is 0.0211. The van der Waals surface area contributed by atoms with Crippen LogP contribution < -0.4 is 0 Å². The number of allylic oxidation sites excluding steroid dienone is 14. The summed E-state index contributed by atoms with van der Waals surface area (Å²) < 4.78 is 34.6. The van der Waals surface area contributed by atoms with E-state index in [1.54, 1.807) is 0 Å². The minimum absolute atomic E-state index is 0.0279. The molecule has 10 heteroatoms. The SMILES string of the molecule is CC/C=C\C/C=C\C/C=C\C/C=C\CCCCCCCCCCCCCCCCCCCCCCCCCCCCCCC(=O)OC(COC(=O)CCCCCCC/C=C\C/C=C\C/C=C\CC)COP(=O)(O)OCC[N+](C)(C)C. The van der Waals surface area contributed by atoms with Gasteiger partial charge in [0, 0.05) is 12.8 Å². The highest BCUT2D eigenvalue weighted by Gasteiger charge is 2.27. The zero-order valence-corrected chi connectivity index (χ0v) is 53.7. The van der Waals surface area contributed by atoms with Crippen LogP contribution in [0.25, 0.3) is 0 Å². The number of quaternary nitrogens is 1. The fraction of sp³-hybridized carbons (Fsp3) is 0.771. The zero-order valence-electron chi connectivity index (χ0n) is 52.8. The van der Waals surface area contributed by atoms with Crippen LogP contribution in [0.4, 0.5) is 0 Å². The Labute approximate surface area is 494 Å². The van der Waals surface area contributed by atoms with Crippen molar-refractivity contribution < 1.29 is 42.1 Å². The first-order valence-corrected chi connectivity index (χ1v) is 34.8. The fourth-order valence-electron chi connectivity index (χ4n) is 9.38. The molecule has 2 atom stereocenters. The number of hydrogen-bond acceptors (Lipinski definition) is 7. The van der Waals surface area contributed by atoms with Gasteiger partial charge in [0.15, 0.2) is 6.10 Å². The average molecular weight is 1140 g/mol. The van der Waals surface area contributed by atoms with Crippen molar-refractivity contribution >= 4 is 19.8 Å². The largest absolute Gasteiger partial charge is 0.472 e. The summed E-state index contributed by atoms with van der Waals surface area (Å²) in [5.41, 5.74) is 0. The van der Waals surface area contributed by atoms with Crippen LogP contribution in [0.2, 0.25) is 0 Å². The molecule has 1 N–H and O–H groups in total. The average Bonchev–Trinajstić information content (AvgIpc) is 3.42. The summed E-state index contributed by atoms with van der Waals surface area (Å²) in [6.07, 6.45) is 82.8. The lowest BCUT2D eigenvalue weighted by Gasteiger charge is -2.24. The third-order valence-electron chi connectivity index (χ3n) is 14.4. The van der Waals surface area contributed by atoms with Gasteiger partial charge in [0.25, 0.3) is 0 Å². The second kappa shape index (κ2) is 60.8. The summed E-state index contributed by atoms with van der Waals surface area (Å²) in [5, 5.41) is 0. The molecule has 0 aromatic rings. The molecule has 0 aromatic heterocycles. The highest BCUT2D eigenvalue weighted by molar-refractivity contribution is 7.47. The van der Waals surface area contributed by atoms with Gasteiger partial charge in [0.2, 0.25) is 0 Å². The molecule has 2 unspecified atom stereocenters. The third-order valence-corrected chi connectivity index (χ3v) is 15.4. The van der Waals surface area contributed by atoms with Crippen molar-refractivity contribution in [3.63, 3.8) is 0 Å². The molecular formula is C70H127NO8P+. The third kappa shape index (κ3) is 64.4. The number of rotatable bonds is 61. The van der Waals surface area contributed by atoms with Crippen LogP contribution in [0.3, 0.4) is 0 Å². The number of likely N-dealkylation sites (N-methyl/N-ethyl adjacent to an activating group) is 1. The normalized spacial score (nSPS) is 13.7. The minimum atomic E-state index is -4.39. The predicted octanol–water partition coefficient (Wildman–Crippen LogP) is 21.4. The Morgan fingerprint density at radius 3 is 1.00 bits per heavy atom. The van der Waals surface area contributed by atoms with E-state index in [1.165, 1.54) is 167 Å². The molecule has 0 aliphatic carbocycles. The topological polar surface area (TPSA) is 108 Å². The Kier molecular flexibility index (Phi) is 58.6. The van der Waals surface area contributed by atoms with Crippen LogP contribution in [0.1, 0.15) is 296 Å². The molecule has 0 aromatic carbocycles. The number of phosphoric acid groups is 1. The molecule has 0 aliphatic heterocycles. The molecule has 9 nitrogen and oxygen atoms in total. The van der Waals surface area contributed by atoms with Gasteiger partial charge in [-0.05, 0) is 83.5 Å². The van der Waals surface area contributed by atoms with Gasteiger partial charge in [0.1, 0.15) is 19.8 Å². The molecule has 0 heterocycles. The van der Waals surface area contributed by atoms with Crippen LogP contribution in [0.5, 0.6) is 0 Å². The highest BCUT2D eigenvalue weighted by Crippen LogP contribution is 2.43. The van der Waals surface area contributed by atoms with Gasteiger partial charge >= 0.3 is 19.8 Å². The molecule has 80 heavy (non-hydrogen) atoms. The Morgan fingerprint density at radius 2 is 0.675 bits per heavy atom. The van der Waals surface area contributed by atoms with Gasteiger partial charge in [0.05, 0.1) is 27.7 Å². The van der Waals surface area contributed by atoms with E-state index in [-0.39, 0.29) is 32.0 Å². The zero-order chi connectivity index (χ0) is 58.4. The smallest absolute Gasteiger partial charge is 0.462 e. The lowest BCUT2D eigenvalue weighted by molar-refractivity contribution is -0.870. The molecule has 0 amide bonds. The molecule has 0 saturated carbocycles. The number of ether oxygens (including phenoxy) is 2. The first-order chi connectivity index (χ1) is 39.0. The first kappa shape index (κ1) is 77.2. The summed E-state index contributed by atoms with van der Waals surface area (Å²) in [5.74, 6) is -0.809. The summed E-state index contributed by atoms with van der Waals surface area (Å²) in [6, 6.07) is 0. The van der Waals surface area contributed by atoms with Gasteiger partial charge in [-0.3, -0.25) is 18.6 Å². The second-order valence-corrected chi connectivity index (χ2v) is 24.9. The maximum absolute atomic E-state index is 12.8. The number of unbranched alkanes of at least 4 members (excludes halogenated alkanes) is 33. The van der Waals surface area contributed by atoms with E-state index in [9.17, 15) is 19.0 Å². The van der Waals surface area contributed by atoms with E-state index in [0.717, 1.165) is 96.3 Å². The van der Waals surface area contributed by atoms with Crippen molar-refractivity contribution in [3.8, 4) is 0 Å². The fourth-order valence-corrected chi connectivity index (χ4v) is 10.1. The Balaban J connectivity index is 3.88. The Morgan fingerprint density at radius 1 is 0.388 bits per heavy atom. The maximum atomic E-state index is 12.8. The van der Waals surface area contributed by atoms with Gasteiger partial charge in [-0.2, -0.15) is 0 Å². The number of nitrogens with zero attached hydrogens (tertiary/aromatic N) is 1. The van der Waals surface area contributed by atoms with E-state index in [2.05, 4.69) is 98.9 Å². The van der Waals surface area contributed by atoms with Crippen molar-refractivity contribution in [2.75, 3.05) is 47.5 Å². The van der Waals surface area contributed by atoms with Gasteiger partial charge in [-0.25, -0.2) is 4.57 Å². The molecular weight excluding hydrogens is 1010 g/mol. The molecule has 0 bridgehead atoms. The van der Waals surface area contributed by atoms with Gasteiger partial charge in [-0.1, -0.05) is 285 Å². The monoisotopic (exact) mass is 1140 g/mol. The summed E-state index contributed by atoms with van der Waals surface area (Å²) in [6.45, 7) is 4.21. The van der Waals surface area contributed by atoms with Crippen LogP contribution >= 0.6 is 7.82 Å². The summed E-state index contributed by atoms with van der Waals surface area (Å²) in [4.78, 5) is 35.7. The van der Waals surface area contributed by atoms with Crippen LogP contribution in [-0.4, -0.2) is 74.9 Å². The molecule has 0 rings (SSSR count). The van der Waals surface area contributed by atoms with Crippen LogP contribution in [0, 0.1) is 0 Å². The maximum Gasteiger partial charge on any atom is 0.472 e. The van der Waals surface area contributed by atoms with Crippen LogP contribution in [0.15, 0.2) is 85.1 Å². The highest BCUT2D eigenvalue weighted by atomic mass is 31.2. The molecule has 0 radical (unpaired) electrons. The van der Waals surface area contributed by atoms with E-state index < -0.39 is 26.5 Å². The van der Waals surface area contributed by atoms with Gasteiger partial charge < -0.3 is 18.9 Å². The van der Waals surface area contributed by atoms with E-state index in [4.69, 9.17) is 18.5 Å². The molecule has 0 fully saturated rings. The van der Waals surface area contributed by atoms with Crippen molar-refractivity contribution in [2.24, 2.45) is 0 Å². The van der Waals surface area contributed by atoms with Crippen LogP contribution in [-0.2, 0) is 32.7 Å². The second-order valence-electron chi connectivity index (χ2n) is 23.4. The molecule has 0 spiro atoms. The Bertz CT molecular complexity index is 1630. The minimum Gasteiger partial charge on any atom is -0.462 e. The number of carbonyl (C=O) groups excluding carboxylic acids is 2. The standard InChI is InChI=1S/C70H126NO8P/c1-6-8-10-12-14-16-18-20-22-23-24-25-26-27-28-29-30-31-32-33-34-35-36-37-38-39-40-41-42-43-44-45-46-47-49-51-53-55-57-59-61-63-70(73)79-68(67-78-80(74,75)77-65-64-71(3,4)5)66-76-69(72)62-60-58-56-54-52-50-48-21-19-17-15-13-11-9-7-2/h8-11,14-17,20-22,24-25,48,68H,6-7,12-13,18-19,23,26-47,49-67H2,1-5H3/p+1/b10-8-,11-9-,16-14-,17-15-,22-20-,25-24-,48-21-. The molecule has 0 saturated heterocycles. The lowest BCUT2D eigenvalue weighted by atomic mass is 10.0. The Hall–Kier alpha value is -2.81. The predicted molar refractivity (Wildman–Crippen MR) is 344 cm³/mol. The van der Waals surface area contributed by atoms with Crippen molar-refractivity contribution in [2.45, 2.75) is 302 Å². The number of carbonyl (C=O) groups is 2. The summed E-state index contributed by atoms with van der Waals surface area (Å²) in [7, 11) is 1.47. The number of hydrogen-bond donors (Lipinski definition) is 1. The van der Waals surface area contributed by atoms with Crippen molar-refractivity contribution in [1.29, 1.82) is 0 Å². The van der Waals surface area contributed by atoms with E-state index >= 15 is 0 Å². The van der Waals surface area contributed by atoms with E-state index in [0.29, 0.717) is 17.4 Å². The first-order valence-electron chi connectivity index (χ1n) is 33.3. The lowest BCUT2D eigenvalue weighted by Crippen LogP contribution is -2.37. The van der Waals surface area contributed by atoms with Crippen molar-refractivity contribution in [3.05, 3.63) is 85.1 Å². The van der Waals surface area contributed by atoms with E-state index in [1.807, 2.05) is 21.1 Å². The van der Waals surface area contributed by atoms with Crippen molar-refractivity contribution in [1.82, 2.24) is 0 Å². The molecule has 0 aliphatic rings. The van der Waals surface area contributed by atoms with Gasteiger partial charge in [-0.15, -0.1) is 0 Å².